The van der Waals surface area contributed by atoms with Crippen LogP contribution in [0.3, 0.4) is 0 Å². The number of hydrogen-bond donors (Lipinski definition) is 0. The zero-order valence-electron chi connectivity index (χ0n) is 10.3. The molecule has 0 N–H and O–H groups in total. The maximum Gasteiger partial charge on any atom is 0.0521 e. The van der Waals surface area contributed by atoms with E-state index < -0.39 is 0 Å². The Morgan fingerprint density at radius 3 is 2.89 bits per heavy atom. The predicted molar refractivity (Wildman–Crippen MR) is 79.5 cm³/mol. The Kier molecular flexibility index (Phi) is 4.84. The molecule has 0 amide bonds. The van der Waals surface area contributed by atoms with Crippen LogP contribution >= 0.6 is 27.5 Å². The van der Waals surface area contributed by atoms with E-state index >= 15 is 0 Å². The van der Waals surface area contributed by atoms with Crippen molar-refractivity contribution in [3.8, 4) is 0 Å². The average Bonchev–Trinajstić information content (AvgIpc) is 2.76. The van der Waals surface area contributed by atoms with E-state index in [1.54, 1.807) is 0 Å². The Morgan fingerprint density at radius 1 is 1.44 bits per heavy atom. The highest BCUT2D eigenvalue weighted by atomic mass is 79.9. The van der Waals surface area contributed by atoms with Gasteiger partial charge >= 0.3 is 0 Å². The summed E-state index contributed by atoms with van der Waals surface area (Å²) in [7, 11) is 1.95. The van der Waals surface area contributed by atoms with Gasteiger partial charge in [0.25, 0.3) is 0 Å². The maximum absolute atomic E-state index is 6.04. The normalized spacial score (nSPS) is 12.6. The first kappa shape index (κ1) is 13.6. The summed E-state index contributed by atoms with van der Waals surface area (Å²) in [5.74, 6) is 0.490. The molecule has 0 fully saturated rings. The summed E-state index contributed by atoms with van der Waals surface area (Å²) in [4.78, 5) is 0. The van der Waals surface area contributed by atoms with Crippen LogP contribution in [0, 0.1) is 0 Å². The lowest BCUT2D eigenvalue weighted by Crippen LogP contribution is -2.02. The number of rotatable bonds is 5. The lowest BCUT2D eigenvalue weighted by atomic mass is 9.95. The second kappa shape index (κ2) is 6.39. The number of aryl methyl sites for hydroxylation is 2. The molecule has 0 aliphatic heterocycles. The topological polar surface area (TPSA) is 17.8 Å². The lowest BCUT2D eigenvalue weighted by molar-refractivity contribution is 0.691. The zero-order chi connectivity index (χ0) is 13.0. The Labute approximate surface area is 121 Å². The van der Waals surface area contributed by atoms with Gasteiger partial charge in [-0.2, -0.15) is 5.10 Å². The minimum absolute atomic E-state index is 0.490. The Balaban J connectivity index is 2.01. The van der Waals surface area contributed by atoms with Gasteiger partial charge in [0.1, 0.15) is 0 Å². The van der Waals surface area contributed by atoms with Gasteiger partial charge < -0.3 is 0 Å². The van der Waals surface area contributed by atoms with Gasteiger partial charge in [-0.1, -0.05) is 39.7 Å². The average molecular weight is 328 g/mol. The molecule has 1 aromatic carbocycles. The molecule has 1 unspecified atom stereocenters. The fourth-order valence-electron chi connectivity index (χ4n) is 2.04. The molecule has 0 saturated heterocycles. The number of benzene rings is 1. The smallest absolute Gasteiger partial charge is 0.0521 e. The minimum atomic E-state index is 0.490. The first-order valence-corrected chi connectivity index (χ1v) is 7.48. The largest absolute Gasteiger partial charge is 0.276 e. The highest BCUT2D eigenvalue weighted by Crippen LogP contribution is 2.26. The highest BCUT2D eigenvalue weighted by molar-refractivity contribution is 9.09. The standard InChI is InChI=1S/C14H16BrClN2/c1-18-10-11(9-17-18)5-6-13(8-15)12-3-2-4-14(16)7-12/h2-4,7,9-10,13H,5-6,8H2,1H3. The van der Waals surface area contributed by atoms with Crippen LogP contribution in [0.2, 0.25) is 5.02 Å². The molecule has 1 atom stereocenters. The van der Waals surface area contributed by atoms with Crippen LogP contribution in [-0.4, -0.2) is 15.1 Å². The van der Waals surface area contributed by atoms with Crippen molar-refractivity contribution < 1.29 is 0 Å². The quantitative estimate of drug-likeness (QED) is 0.753. The van der Waals surface area contributed by atoms with Crippen molar-refractivity contribution in [3.05, 3.63) is 52.8 Å². The van der Waals surface area contributed by atoms with Crippen LogP contribution in [0.1, 0.15) is 23.5 Å². The fourth-order valence-corrected chi connectivity index (χ4v) is 2.93. The minimum Gasteiger partial charge on any atom is -0.276 e. The monoisotopic (exact) mass is 326 g/mol. The van der Waals surface area contributed by atoms with Crippen LogP contribution in [0.25, 0.3) is 0 Å². The van der Waals surface area contributed by atoms with Crippen molar-refractivity contribution in [2.24, 2.45) is 7.05 Å². The Morgan fingerprint density at radius 2 is 2.28 bits per heavy atom. The third-order valence-electron chi connectivity index (χ3n) is 3.05. The van der Waals surface area contributed by atoms with E-state index in [2.05, 4.69) is 39.4 Å². The molecule has 4 heteroatoms. The molecular formula is C14H16BrClN2. The summed E-state index contributed by atoms with van der Waals surface area (Å²) in [5.41, 5.74) is 2.58. The van der Waals surface area contributed by atoms with Crippen molar-refractivity contribution in [1.82, 2.24) is 9.78 Å². The SMILES string of the molecule is Cn1cc(CCC(CBr)c2cccc(Cl)c2)cn1. The van der Waals surface area contributed by atoms with Gasteiger partial charge in [-0.15, -0.1) is 0 Å². The van der Waals surface area contributed by atoms with Gasteiger partial charge in [0.2, 0.25) is 0 Å². The van der Waals surface area contributed by atoms with Crippen LogP contribution in [-0.2, 0) is 13.5 Å². The molecule has 18 heavy (non-hydrogen) atoms. The molecule has 2 nitrogen and oxygen atoms in total. The second-order valence-electron chi connectivity index (χ2n) is 4.47. The van der Waals surface area contributed by atoms with E-state index in [0.29, 0.717) is 5.92 Å². The Hall–Kier alpha value is -0.800. The zero-order valence-corrected chi connectivity index (χ0v) is 12.7. The van der Waals surface area contributed by atoms with Crippen LogP contribution in [0.5, 0.6) is 0 Å². The molecular weight excluding hydrogens is 312 g/mol. The third-order valence-corrected chi connectivity index (χ3v) is 4.06. The number of hydrogen-bond acceptors (Lipinski definition) is 1. The molecule has 0 aliphatic carbocycles. The van der Waals surface area contributed by atoms with E-state index in [1.807, 2.05) is 30.1 Å². The van der Waals surface area contributed by atoms with Crippen LogP contribution in [0.15, 0.2) is 36.7 Å². The van der Waals surface area contributed by atoms with E-state index in [-0.39, 0.29) is 0 Å². The van der Waals surface area contributed by atoms with Crippen molar-refractivity contribution in [2.75, 3.05) is 5.33 Å². The number of alkyl halides is 1. The molecule has 0 saturated carbocycles. The van der Waals surface area contributed by atoms with E-state index in [4.69, 9.17) is 11.6 Å². The Bertz CT molecular complexity index is 510. The first-order valence-electron chi connectivity index (χ1n) is 5.98. The van der Waals surface area contributed by atoms with Gasteiger partial charge in [-0.05, 0) is 42.0 Å². The molecule has 0 bridgehead atoms. The molecule has 0 radical (unpaired) electrons. The van der Waals surface area contributed by atoms with Gasteiger partial charge in [-0.25, -0.2) is 0 Å². The summed E-state index contributed by atoms with van der Waals surface area (Å²) in [5, 5.41) is 5.95. The van der Waals surface area contributed by atoms with E-state index in [9.17, 15) is 0 Å². The summed E-state index contributed by atoms with van der Waals surface area (Å²) in [6, 6.07) is 8.12. The summed E-state index contributed by atoms with van der Waals surface area (Å²) >= 11 is 9.63. The molecule has 0 spiro atoms. The number of halogens is 2. The number of aromatic nitrogens is 2. The summed E-state index contributed by atoms with van der Waals surface area (Å²) in [6.45, 7) is 0. The molecule has 2 aromatic rings. The predicted octanol–water partition coefficient (Wildman–Crippen LogP) is 4.18. The molecule has 96 valence electrons. The lowest BCUT2D eigenvalue weighted by Gasteiger charge is -2.14. The van der Waals surface area contributed by atoms with Crippen molar-refractivity contribution in [1.29, 1.82) is 0 Å². The van der Waals surface area contributed by atoms with Gasteiger partial charge in [0.05, 0.1) is 6.20 Å². The fraction of sp³-hybridized carbons (Fsp3) is 0.357. The van der Waals surface area contributed by atoms with Gasteiger partial charge in [-0.3, -0.25) is 4.68 Å². The van der Waals surface area contributed by atoms with Crippen molar-refractivity contribution in [2.45, 2.75) is 18.8 Å². The summed E-state index contributed by atoms with van der Waals surface area (Å²) in [6.07, 6.45) is 6.14. The number of nitrogens with zero attached hydrogens (tertiary/aromatic N) is 2. The van der Waals surface area contributed by atoms with Crippen molar-refractivity contribution in [3.63, 3.8) is 0 Å². The van der Waals surface area contributed by atoms with Crippen LogP contribution in [0.4, 0.5) is 0 Å². The first-order chi connectivity index (χ1) is 8.69. The molecule has 0 aliphatic rings. The molecule has 1 aromatic heterocycles. The van der Waals surface area contributed by atoms with E-state index in [1.165, 1.54) is 11.1 Å². The molecule has 2 rings (SSSR count). The van der Waals surface area contributed by atoms with Gasteiger partial charge in [0, 0.05) is 23.6 Å². The van der Waals surface area contributed by atoms with Crippen molar-refractivity contribution >= 4 is 27.5 Å². The maximum atomic E-state index is 6.04. The van der Waals surface area contributed by atoms with Gasteiger partial charge in [0.15, 0.2) is 0 Å². The summed E-state index contributed by atoms with van der Waals surface area (Å²) < 4.78 is 1.85. The van der Waals surface area contributed by atoms with E-state index in [0.717, 1.165) is 23.2 Å². The molecule has 1 heterocycles. The second-order valence-corrected chi connectivity index (χ2v) is 5.55. The third kappa shape index (κ3) is 3.59. The van der Waals surface area contributed by atoms with Crippen LogP contribution < -0.4 is 0 Å². The highest BCUT2D eigenvalue weighted by Gasteiger charge is 2.11.